The van der Waals surface area contributed by atoms with Crippen molar-refractivity contribution in [3.8, 4) is 11.3 Å². The molecule has 1 atom stereocenters. The van der Waals surface area contributed by atoms with E-state index in [4.69, 9.17) is 0 Å². The molecule has 1 aliphatic rings. The molecule has 2 heterocycles. The number of aryl methyl sites for hydroxylation is 1. The van der Waals surface area contributed by atoms with Crippen molar-refractivity contribution in [3.05, 3.63) is 35.3 Å². The maximum absolute atomic E-state index is 11.6. The van der Waals surface area contributed by atoms with Crippen LogP contribution in [-0.2, 0) is 19.4 Å². The van der Waals surface area contributed by atoms with Crippen LogP contribution in [0.15, 0.2) is 18.5 Å². The predicted octanol–water partition coefficient (Wildman–Crippen LogP) is -0.326. The molecule has 23 heavy (non-hydrogen) atoms. The number of aliphatic hydroxyl groups excluding tert-OH is 1. The molecule has 2 aromatic heterocycles. The number of aromatic carboxylic acids is 1. The number of carbonyl (C=O) groups is 1. The van der Waals surface area contributed by atoms with Crippen LogP contribution in [0, 0.1) is 0 Å². The van der Waals surface area contributed by atoms with Crippen molar-refractivity contribution in [2.75, 3.05) is 13.6 Å². The standard InChI is InChI=1S/C15H18N4O3.Li.H/c1-16-7-10(20)8-19-14(15(21)22)12-3-2-9-6-17-5-4-11(9)13(12)18-19;;/h4-6,10,16,20H,2-3,7-8H2,1H3,(H,21,22);;. The summed E-state index contributed by atoms with van der Waals surface area (Å²) < 4.78 is 1.41. The molecule has 0 radical (unpaired) electrons. The summed E-state index contributed by atoms with van der Waals surface area (Å²) in [7, 11) is 1.73. The van der Waals surface area contributed by atoms with Gasteiger partial charge in [-0.05, 0) is 31.5 Å². The molecule has 0 aliphatic heterocycles. The molecule has 0 bridgehead atoms. The molecule has 3 N–H and O–H groups in total. The molecule has 0 fully saturated rings. The first-order chi connectivity index (χ1) is 10.6. The summed E-state index contributed by atoms with van der Waals surface area (Å²) in [6.45, 7) is 0.528. The van der Waals surface area contributed by atoms with E-state index in [0.29, 0.717) is 18.7 Å². The first-order valence-corrected chi connectivity index (χ1v) is 7.20. The molecule has 2 aromatic rings. The molecule has 1 unspecified atom stereocenters. The summed E-state index contributed by atoms with van der Waals surface area (Å²) >= 11 is 0. The first-order valence-electron chi connectivity index (χ1n) is 7.20. The number of aromatic nitrogens is 3. The number of hydrogen-bond donors (Lipinski definition) is 3. The predicted molar refractivity (Wildman–Crippen MR) is 86.9 cm³/mol. The van der Waals surface area contributed by atoms with Crippen molar-refractivity contribution < 1.29 is 15.0 Å². The minimum atomic E-state index is -1.01. The van der Waals surface area contributed by atoms with Crippen LogP contribution >= 0.6 is 0 Å². The molecule has 118 valence electrons. The number of carboxylic acid groups (broad SMARTS) is 1. The summed E-state index contributed by atoms with van der Waals surface area (Å²) in [6.07, 6.45) is 4.16. The number of nitrogens with zero attached hydrogens (tertiary/aromatic N) is 3. The van der Waals surface area contributed by atoms with Crippen LogP contribution < -0.4 is 5.32 Å². The average molecular weight is 310 g/mol. The van der Waals surface area contributed by atoms with Gasteiger partial charge in [-0.15, -0.1) is 0 Å². The number of likely N-dealkylation sites (N-methyl/N-ethyl adjacent to an activating group) is 1. The maximum atomic E-state index is 11.6. The average Bonchev–Trinajstić information content (AvgIpc) is 2.85. The topological polar surface area (TPSA) is 100 Å². The van der Waals surface area contributed by atoms with E-state index in [0.717, 1.165) is 23.1 Å². The Morgan fingerprint density at radius 2 is 2.26 bits per heavy atom. The van der Waals surface area contributed by atoms with Crippen LogP contribution in [0.3, 0.4) is 0 Å². The van der Waals surface area contributed by atoms with Gasteiger partial charge in [-0.2, -0.15) is 5.10 Å². The third-order valence-corrected chi connectivity index (χ3v) is 3.88. The molecule has 0 saturated heterocycles. The molecule has 0 amide bonds. The molecule has 8 heteroatoms. The summed E-state index contributed by atoms with van der Waals surface area (Å²) in [6, 6.07) is 1.86. The Morgan fingerprint density at radius 3 is 2.96 bits per heavy atom. The van der Waals surface area contributed by atoms with Crippen LogP contribution in [0.5, 0.6) is 0 Å². The molecular weight excluding hydrogens is 291 g/mol. The molecule has 3 rings (SSSR count). The van der Waals surface area contributed by atoms with E-state index in [2.05, 4.69) is 15.4 Å². The Bertz CT molecular complexity index is 717. The van der Waals surface area contributed by atoms with Crippen molar-refractivity contribution >= 4 is 24.8 Å². The number of fused-ring (bicyclic) bond motifs is 3. The van der Waals surface area contributed by atoms with Gasteiger partial charge in [0, 0.05) is 30.1 Å². The third-order valence-electron chi connectivity index (χ3n) is 3.88. The van der Waals surface area contributed by atoms with E-state index in [1.54, 1.807) is 19.4 Å². The van der Waals surface area contributed by atoms with E-state index in [1.165, 1.54) is 4.68 Å². The molecular formula is C15H19LiN4O3. The zero-order valence-corrected chi connectivity index (χ0v) is 12.3. The number of rotatable bonds is 5. The summed E-state index contributed by atoms with van der Waals surface area (Å²) in [5.74, 6) is -1.01. The quantitative estimate of drug-likeness (QED) is 0.654. The molecule has 0 aromatic carbocycles. The number of aliphatic hydroxyl groups is 1. The van der Waals surface area contributed by atoms with Crippen LogP contribution in [0.4, 0.5) is 0 Å². The van der Waals surface area contributed by atoms with Crippen LogP contribution in [-0.4, -0.2) is 69.5 Å². The van der Waals surface area contributed by atoms with Gasteiger partial charge < -0.3 is 15.5 Å². The Balaban J connectivity index is 0.00000192. The first kappa shape index (κ1) is 17.7. The van der Waals surface area contributed by atoms with Crippen molar-refractivity contribution in [1.82, 2.24) is 20.1 Å². The van der Waals surface area contributed by atoms with Gasteiger partial charge in [-0.1, -0.05) is 0 Å². The Labute approximate surface area is 145 Å². The summed E-state index contributed by atoms with van der Waals surface area (Å²) in [5.41, 5.74) is 3.61. The normalized spacial score (nSPS) is 13.7. The van der Waals surface area contributed by atoms with E-state index in [9.17, 15) is 15.0 Å². The molecule has 7 nitrogen and oxygen atoms in total. The fraction of sp³-hybridized carbons (Fsp3) is 0.400. The number of nitrogens with one attached hydrogen (secondary N) is 1. The second-order valence-electron chi connectivity index (χ2n) is 5.41. The molecule has 0 spiro atoms. The number of carboxylic acids is 1. The van der Waals surface area contributed by atoms with E-state index in [-0.39, 0.29) is 31.1 Å². The van der Waals surface area contributed by atoms with Gasteiger partial charge >= 0.3 is 24.8 Å². The van der Waals surface area contributed by atoms with Crippen molar-refractivity contribution in [2.45, 2.75) is 25.5 Å². The Morgan fingerprint density at radius 1 is 1.48 bits per heavy atom. The van der Waals surface area contributed by atoms with Gasteiger partial charge in [-0.25, -0.2) is 4.79 Å². The zero-order valence-electron chi connectivity index (χ0n) is 12.3. The van der Waals surface area contributed by atoms with Crippen molar-refractivity contribution in [1.29, 1.82) is 0 Å². The molecule has 1 aliphatic carbocycles. The van der Waals surface area contributed by atoms with Gasteiger partial charge in [0.25, 0.3) is 0 Å². The van der Waals surface area contributed by atoms with Crippen LogP contribution in [0.2, 0.25) is 0 Å². The second-order valence-corrected chi connectivity index (χ2v) is 5.41. The van der Waals surface area contributed by atoms with Gasteiger partial charge in [-0.3, -0.25) is 9.67 Å². The third kappa shape index (κ3) is 3.33. The Kier molecular flexibility index (Phi) is 5.60. The van der Waals surface area contributed by atoms with E-state index < -0.39 is 12.1 Å². The van der Waals surface area contributed by atoms with Crippen molar-refractivity contribution in [3.63, 3.8) is 0 Å². The number of pyridine rings is 1. The van der Waals surface area contributed by atoms with Gasteiger partial charge in [0.1, 0.15) is 5.69 Å². The van der Waals surface area contributed by atoms with Crippen LogP contribution in [0.1, 0.15) is 21.6 Å². The van der Waals surface area contributed by atoms with Crippen molar-refractivity contribution in [2.24, 2.45) is 0 Å². The second kappa shape index (κ2) is 7.28. The Hall–Kier alpha value is -1.65. The minimum absolute atomic E-state index is 0. The SMILES string of the molecule is CNCC(O)Cn1nc2c(c1C(=O)O)CCc1cnccc1-2.[LiH]. The summed E-state index contributed by atoms with van der Waals surface area (Å²) in [5, 5.41) is 26.8. The fourth-order valence-electron chi connectivity index (χ4n) is 2.94. The summed E-state index contributed by atoms with van der Waals surface area (Å²) in [4.78, 5) is 15.7. The monoisotopic (exact) mass is 310 g/mol. The van der Waals surface area contributed by atoms with Gasteiger partial charge in [0.15, 0.2) is 0 Å². The van der Waals surface area contributed by atoms with E-state index >= 15 is 0 Å². The zero-order chi connectivity index (χ0) is 15.7. The molecule has 0 saturated carbocycles. The fourth-order valence-corrected chi connectivity index (χ4v) is 2.94. The van der Waals surface area contributed by atoms with Gasteiger partial charge in [0.05, 0.1) is 18.3 Å². The number of hydrogen-bond acceptors (Lipinski definition) is 5. The van der Waals surface area contributed by atoms with E-state index in [1.807, 2.05) is 6.07 Å². The van der Waals surface area contributed by atoms with Crippen LogP contribution in [0.25, 0.3) is 11.3 Å². The van der Waals surface area contributed by atoms with Gasteiger partial charge in [0.2, 0.25) is 0 Å².